The van der Waals surface area contributed by atoms with E-state index in [4.69, 9.17) is 0 Å². The van der Waals surface area contributed by atoms with Crippen LogP contribution in [0.1, 0.15) is 19.3 Å². The quantitative estimate of drug-likeness (QED) is 0.754. The number of β-amino-alcohol motifs (C(OH)–C–C–N with tert-alkyl or cyclic N) is 1. The van der Waals surface area contributed by atoms with Crippen molar-refractivity contribution in [2.75, 3.05) is 44.7 Å². The molecule has 6 heteroatoms. The van der Waals surface area contributed by atoms with Gasteiger partial charge in [-0.2, -0.15) is 0 Å². The highest BCUT2D eigenvalue weighted by molar-refractivity contribution is 7.90. The van der Waals surface area contributed by atoms with Gasteiger partial charge < -0.3 is 5.11 Å². The number of rotatable bonds is 4. The summed E-state index contributed by atoms with van der Waals surface area (Å²) in [5.74, 6) is 0.187. The minimum Gasteiger partial charge on any atom is -0.390 e. The van der Waals surface area contributed by atoms with Gasteiger partial charge in [-0.25, -0.2) is 8.42 Å². The van der Waals surface area contributed by atoms with Crippen LogP contribution in [0.3, 0.4) is 0 Å². The van der Waals surface area contributed by atoms with Crippen molar-refractivity contribution in [1.29, 1.82) is 0 Å². The van der Waals surface area contributed by atoms with Crippen molar-refractivity contribution in [2.45, 2.75) is 31.4 Å². The van der Waals surface area contributed by atoms with E-state index in [-0.39, 0.29) is 17.9 Å². The number of nitrogens with zero attached hydrogens (tertiary/aromatic N) is 2. The van der Waals surface area contributed by atoms with Crippen molar-refractivity contribution in [2.24, 2.45) is 0 Å². The molecule has 0 radical (unpaired) electrons. The second-order valence-electron chi connectivity index (χ2n) is 5.62. The summed E-state index contributed by atoms with van der Waals surface area (Å²) in [6.45, 7) is 4.09. The van der Waals surface area contributed by atoms with E-state index in [0.717, 1.165) is 19.6 Å². The van der Waals surface area contributed by atoms with Crippen molar-refractivity contribution >= 4 is 9.84 Å². The van der Waals surface area contributed by atoms with E-state index in [2.05, 4.69) is 9.80 Å². The third-order valence-electron chi connectivity index (χ3n) is 3.97. The summed E-state index contributed by atoms with van der Waals surface area (Å²) in [5.41, 5.74) is 0. The minimum absolute atomic E-state index is 0.187. The first-order valence-corrected chi connectivity index (χ1v) is 8.84. The van der Waals surface area contributed by atoms with Crippen LogP contribution in [0.25, 0.3) is 0 Å². The summed E-state index contributed by atoms with van der Waals surface area (Å²) < 4.78 is 22.3. The average Bonchev–Trinajstić information content (AvgIpc) is 2.68. The lowest BCUT2D eigenvalue weighted by Crippen LogP contribution is -2.45. The highest BCUT2D eigenvalue weighted by atomic mass is 32.2. The van der Waals surface area contributed by atoms with Crippen molar-refractivity contribution in [1.82, 2.24) is 9.80 Å². The molecule has 2 atom stereocenters. The lowest BCUT2D eigenvalue weighted by Gasteiger charge is -2.33. The maximum atomic E-state index is 11.2. The third kappa shape index (κ3) is 3.91. The zero-order valence-electron chi connectivity index (χ0n) is 11.1. The fourth-order valence-electron chi connectivity index (χ4n) is 2.93. The predicted octanol–water partition coefficient (Wildman–Crippen LogP) is -0.438. The van der Waals surface area contributed by atoms with Gasteiger partial charge in [-0.1, -0.05) is 6.42 Å². The minimum atomic E-state index is -2.91. The normalized spacial score (nSPS) is 31.9. The van der Waals surface area contributed by atoms with Gasteiger partial charge in [0, 0.05) is 31.9 Å². The first kappa shape index (κ1) is 14.2. The first-order chi connectivity index (χ1) is 8.46. The summed E-state index contributed by atoms with van der Waals surface area (Å²) in [7, 11) is -2.91. The number of sulfone groups is 1. The average molecular weight is 276 g/mol. The molecule has 2 aliphatic rings. The van der Waals surface area contributed by atoms with Crippen molar-refractivity contribution in [3.8, 4) is 0 Å². The number of hydrogen-bond donors (Lipinski definition) is 1. The molecule has 18 heavy (non-hydrogen) atoms. The molecule has 2 fully saturated rings. The molecule has 0 bridgehead atoms. The molecule has 0 aromatic carbocycles. The Balaban J connectivity index is 1.84. The summed E-state index contributed by atoms with van der Waals surface area (Å²) in [5, 5.41) is 10.1. The first-order valence-electron chi connectivity index (χ1n) is 6.78. The Labute approximate surface area is 110 Å². The van der Waals surface area contributed by atoms with Gasteiger partial charge in [0.15, 0.2) is 0 Å². The van der Waals surface area contributed by atoms with Gasteiger partial charge in [0.25, 0.3) is 0 Å². The Morgan fingerprint density at radius 1 is 1.17 bits per heavy atom. The molecular weight excluding hydrogens is 252 g/mol. The van der Waals surface area contributed by atoms with Gasteiger partial charge in [-0.05, 0) is 25.9 Å². The summed E-state index contributed by atoms with van der Waals surface area (Å²) in [6, 6.07) is 0.199. The van der Waals surface area contributed by atoms with E-state index in [1.54, 1.807) is 0 Å². The van der Waals surface area contributed by atoms with Gasteiger partial charge >= 0.3 is 0 Å². The largest absolute Gasteiger partial charge is 0.390 e. The van der Waals surface area contributed by atoms with E-state index in [0.29, 0.717) is 13.1 Å². The van der Waals surface area contributed by atoms with Crippen LogP contribution in [0.5, 0.6) is 0 Å². The molecule has 0 unspecified atom stereocenters. The van der Waals surface area contributed by atoms with Gasteiger partial charge in [-0.3, -0.25) is 9.80 Å². The Morgan fingerprint density at radius 2 is 1.83 bits per heavy atom. The van der Waals surface area contributed by atoms with Crippen LogP contribution < -0.4 is 0 Å². The lowest BCUT2D eigenvalue weighted by molar-refractivity contribution is 0.0706. The monoisotopic (exact) mass is 276 g/mol. The molecule has 0 aliphatic carbocycles. The van der Waals surface area contributed by atoms with Crippen LogP contribution in [-0.2, 0) is 9.84 Å². The maximum absolute atomic E-state index is 11.2. The second-order valence-corrected chi connectivity index (χ2v) is 7.88. The van der Waals surface area contributed by atoms with Crippen LogP contribution in [0, 0.1) is 0 Å². The summed E-state index contributed by atoms with van der Waals surface area (Å²) in [6.07, 6.45) is 4.65. The van der Waals surface area contributed by atoms with Crippen molar-refractivity contribution in [3.05, 3.63) is 0 Å². The zero-order valence-corrected chi connectivity index (χ0v) is 11.9. The van der Waals surface area contributed by atoms with E-state index in [9.17, 15) is 13.5 Å². The summed E-state index contributed by atoms with van der Waals surface area (Å²) >= 11 is 0. The number of aliphatic hydroxyl groups is 1. The van der Waals surface area contributed by atoms with Crippen LogP contribution in [0.2, 0.25) is 0 Å². The highest BCUT2D eigenvalue weighted by Crippen LogP contribution is 2.20. The molecule has 5 nitrogen and oxygen atoms in total. The van der Waals surface area contributed by atoms with E-state index < -0.39 is 9.84 Å². The SMILES string of the molecule is CS(=O)(=O)CCN1C[C@H](O)[C@@H](N2CCCCC2)C1. The van der Waals surface area contributed by atoms with Crippen molar-refractivity contribution < 1.29 is 13.5 Å². The second kappa shape index (κ2) is 5.86. The Hall–Kier alpha value is -0.170. The number of aliphatic hydroxyl groups excluding tert-OH is 1. The van der Waals surface area contributed by atoms with Gasteiger partial charge in [-0.15, -0.1) is 0 Å². The predicted molar refractivity (Wildman–Crippen MR) is 71.4 cm³/mol. The lowest BCUT2D eigenvalue weighted by atomic mass is 10.1. The molecule has 2 heterocycles. The number of hydrogen-bond acceptors (Lipinski definition) is 5. The molecule has 0 amide bonds. The number of piperidine rings is 1. The number of likely N-dealkylation sites (tertiary alicyclic amines) is 2. The molecule has 2 saturated heterocycles. The van der Waals surface area contributed by atoms with Gasteiger partial charge in [0.1, 0.15) is 9.84 Å². The van der Waals surface area contributed by atoms with Crippen LogP contribution in [0.15, 0.2) is 0 Å². The van der Waals surface area contributed by atoms with E-state index in [1.165, 1.54) is 25.5 Å². The van der Waals surface area contributed by atoms with Crippen LogP contribution >= 0.6 is 0 Å². The molecule has 0 saturated carbocycles. The van der Waals surface area contributed by atoms with Crippen LogP contribution in [-0.4, -0.2) is 80.2 Å². The zero-order chi connectivity index (χ0) is 13.2. The molecule has 0 spiro atoms. The third-order valence-corrected chi connectivity index (χ3v) is 4.90. The van der Waals surface area contributed by atoms with E-state index in [1.807, 2.05) is 0 Å². The Morgan fingerprint density at radius 3 is 2.44 bits per heavy atom. The molecule has 2 aliphatic heterocycles. The molecule has 2 rings (SSSR count). The fraction of sp³-hybridized carbons (Fsp3) is 1.00. The summed E-state index contributed by atoms with van der Waals surface area (Å²) in [4.78, 5) is 4.44. The topological polar surface area (TPSA) is 60.9 Å². The molecule has 106 valence electrons. The molecule has 0 aromatic heterocycles. The molecule has 0 aromatic rings. The Bertz CT molecular complexity index is 366. The van der Waals surface area contributed by atoms with Crippen molar-refractivity contribution in [3.63, 3.8) is 0 Å². The molecule has 1 N–H and O–H groups in total. The molecular formula is C12H24N2O3S. The van der Waals surface area contributed by atoms with Gasteiger partial charge in [0.05, 0.1) is 11.9 Å². The smallest absolute Gasteiger partial charge is 0.148 e. The van der Waals surface area contributed by atoms with Crippen LogP contribution in [0.4, 0.5) is 0 Å². The van der Waals surface area contributed by atoms with E-state index >= 15 is 0 Å². The standard InChI is InChI=1S/C12H24N2O3S/c1-18(16,17)8-7-13-9-11(12(15)10-13)14-5-3-2-4-6-14/h11-12,15H,2-10H2,1H3/t11-,12-/m0/s1. The fourth-order valence-corrected chi connectivity index (χ4v) is 3.52. The van der Waals surface area contributed by atoms with Gasteiger partial charge in [0.2, 0.25) is 0 Å². The highest BCUT2D eigenvalue weighted by Gasteiger charge is 2.35. The Kier molecular flexibility index (Phi) is 4.64. The maximum Gasteiger partial charge on any atom is 0.148 e.